The van der Waals surface area contributed by atoms with E-state index in [1.54, 1.807) is 0 Å². The molecule has 0 bridgehead atoms. The molecule has 1 aromatic carbocycles. The van der Waals surface area contributed by atoms with Gasteiger partial charge in [-0.3, -0.25) is 4.79 Å². The molecule has 0 radical (unpaired) electrons. The summed E-state index contributed by atoms with van der Waals surface area (Å²) in [5, 5.41) is 8.82. The number of nitrogens with one attached hydrogen (secondary N) is 1. The second-order valence-corrected chi connectivity index (χ2v) is 6.11. The van der Waals surface area contributed by atoms with Gasteiger partial charge in [-0.05, 0) is 32.9 Å². The van der Waals surface area contributed by atoms with Gasteiger partial charge in [-0.25, -0.2) is 8.42 Å². The topological polar surface area (TPSA) is 87.0 Å². The zero-order chi connectivity index (χ0) is 14.0. The summed E-state index contributed by atoms with van der Waals surface area (Å²) < 4.78 is 26.3. The van der Waals surface area contributed by atoms with E-state index in [0.717, 1.165) is 0 Å². The lowest BCUT2D eigenvalue weighted by atomic mass is 10.1. The number of hydrogen-bond donors (Lipinski definition) is 1. The van der Waals surface area contributed by atoms with Crippen LogP contribution in [0.25, 0.3) is 0 Å². The Morgan fingerprint density at radius 3 is 2.50 bits per heavy atom. The van der Waals surface area contributed by atoms with E-state index in [1.807, 2.05) is 6.07 Å². The van der Waals surface area contributed by atoms with E-state index < -0.39 is 15.6 Å². The average molecular weight is 266 g/mol. The lowest BCUT2D eigenvalue weighted by Gasteiger charge is -2.17. The van der Waals surface area contributed by atoms with E-state index in [2.05, 4.69) is 4.72 Å². The number of Topliss-reactive ketones (excluding diaryl/α,β-unsaturated/α-hetero) is 1. The van der Waals surface area contributed by atoms with Crippen molar-refractivity contribution in [2.24, 2.45) is 0 Å². The number of benzene rings is 1. The minimum atomic E-state index is -3.81. The quantitative estimate of drug-likeness (QED) is 0.836. The summed E-state index contributed by atoms with van der Waals surface area (Å²) in [6, 6.07) is 7.54. The molecule has 18 heavy (non-hydrogen) atoms. The SMILES string of the molecule is CC(=O)c1cccc(S(=O)(=O)NC(C)(C)C#N)c1. The van der Waals surface area contributed by atoms with E-state index in [9.17, 15) is 13.2 Å². The normalized spacial score (nSPS) is 11.9. The predicted molar refractivity (Wildman–Crippen MR) is 66.5 cm³/mol. The smallest absolute Gasteiger partial charge is 0.241 e. The van der Waals surface area contributed by atoms with Crippen molar-refractivity contribution in [2.45, 2.75) is 31.2 Å². The Morgan fingerprint density at radius 1 is 1.39 bits per heavy atom. The number of ketones is 1. The lowest BCUT2D eigenvalue weighted by Crippen LogP contribution is -2.41. The van der Waals surface area contributed by atoms with Gasteiger partial charge in [0.15, 0.2) is 5.78 Å². The Hall–Kier alpha value is -1.71. The fourth-order valence-electron chi connectivity index (χ4n) is 1.30. The van der Waals surface area contributed by atoms with Gasteiger partial charge in [0.2, 0.25) is 10.0 Å². The Labute approximate surface area is 106 Å². The highest BCUT2D eigenvalue weighted by atomic mass is 32.2. The van der Waals surface area contributed by atoms with Gasteiger partial charge in [-0.1, -0.05) is 12.1 Å². The third-order valence-corrected chi connectivity index (χ3v) is 3.87. The summed E-state index contributed by atoms with van der Waals surface area (Å²) in [6.45, 7) is 4.27. The lowest BCUT2D eigenvalue weighted by molar-refractivity contribution is 0.101. The molecule has 0 aromatic heterocycles. The molecule has 0 saturated carbocycles. The molecule has 0 heterocycles. The van der Waals surface area contributed by atoms with Crippen molar-refractivity contribution in [1.29, 1.82) is 5.26 Å². The van der Waals surface area contributed by atoms with Crippen molar-refractivity contribution in [3.8, 4) is 6.07 Å². The van der Waals surface area contributed by atoms with Crippen LogP contribution in [0.3, 0.4) is 0 Å². The highest BCUT2D eigenvalue weighted by Crippen LogP contribution is 2.14. The summed E-state index contributed by atoms with van der Waals surface area (Å²) in [5.74, 6) is -0.216. The zero-order valence-corrected chi connectivity index (χ0v) is 11.2. The van der Waals surface area contributed by atoms with Gasteiger partial charge >= 0.3 is 0 Å². The van der Waals surface area contributed by atoms with Crippen LogP contribution in [-0.2, 0) is 10.0 Å². The molecule has 0 unspecified atom stereocenters. The van der Waals surface area contributed by atoms with Crippen LogP contribution in [0.15, 0.2) is 29.2 Å². The largest absolute Gasteiger partial charge is 0.295 e. The fourth-order valence-corrected chi connectivity index (χ4v) is 2.68. The average Bonchev–Trinajstić information content (AvgIpc) is 2.28. The molecule has 0 saturated heterocycles. The minimum absolute atomic E-state index is 0.0291. The molecular formula is C12H14N2O3S. The number of rotatable bonds is 4. The Balaban J connectivity index is 3.18. The van der Waals surface area contributed by atoms with E-state index in [0.29, 0.717) is 5.56 Å². The van der Waals surface area contributed by atoms with Crippen LogP contribution < -0.4 is 4.72 Å². The number of nitriles is 1. The van der Waals surface area contributed by atoms with Crippen LogP contribution in [0.4, 0.5) is 0 Å². The van der Waals surface area contributed by atoms with E-state index in [-0.39, 0.29) is 10.7 Å². The maximum absolute atomic E-state index is 12.0. The van der Waals surface area contributed by atoms with Crippen molar-refractivity contribution in [1.82, 2.24) is 4.72 Å². The minimum Gasteiger partial charge on any atom is -0.295 e. The highest BCUT2D eigenvalue weighted by Gasteiger charge is 2.26. The second kappa shape index (κ2) is 4.88. The Kier molecular flexibility index (Phi) is 3.89. The summed E-state index contributed by atoms with van der Waals surface area (Å²) in [6.07, 6.45) is 0. The summed E-state index contributed by atoms with van der Waals surface area (Å²) >= 11 is 0. The number of nitrogens with zero attached hydrogens (tertiary/aromatic N) is 1. The van der Waals surface area contributed by atoms with Gasteiger partial charge in [0.05, 0.1) is 11.0 Å². The Morgan fingerprint density at radius 2 is 2.00 bits per heavy atom. The van der Waals surface area contributed by atoms with Crippen molar-refractivity contribution in [2.75, 3.05) is 0 Å². The summed E-state index contributed by atoms with van der Waals surface area (Å²) in [7, 11) is -3.81. The van der Waals surface area contributed by atoms with Crippen LogP contribution in [0.2, 0.25) is 0 Å². The molecule has 0 aliphatic heterocycles. The molecule has 5 nitrogen and oxygen atoms in total. The second-order valence-electron chi connectivity index (χ2n) is 4.43. The molecule has 0 aliphatic rings. The van der Waals surface area contributed by atoms with Gasteiger partial charge in [0.1, 0.15) is 5.54 Å². The van der Waals surface area contributed by atoms with Crippen LogP contribution in [0.1, 0.15) is 31.1 Å². The first-order valence-corrected chi connectivity index (χ1v) is 6.72. The molecule has 96 valence electrons. The van der Waals surface area contributed by atoms with Gasteiger partial charge in [0, 0.05) is 5.56 Å². The standard InChI is InChI=1S/C12H14N2O3S/c1-9(15)10-5-4-6-11(7-10)18(16,17)14-12(2,3)8-13/h4-7,14H,1-3H3. The number of hydrogen-bond acceptors (Lipinski definition) is 4. The molecular weight excluding hydrogens is 252 g/mol. The molecule has 0 fully saturated rings. The summed E-state index contributed by atoms with van der Waals surface area (Å²) in [5.41, 5.74) is -0.891. The number of carbonyl (C=O) groups is 1. The molecule has 0 spiro atoms. The van der Waals surface area contributed by atoms with Gasteiger partial charge in [0.25, 0.3) is 0 Å². The molecule has 6 heteroatoms. The van der Waals surface area contributed by atoms with Gasteiger partial charge in [-0.2, -0.15) is 9.98 Å². The number of sulfonamides is 1. The Bertz CT molecular complexity index is 612. The first kappa shape index (κ1) is 14.4. The third-order valence-electron chi connectivity index (χ3n) is 2.22. The summed E-state index contributed by atoms with van der Waals surface area (Å²) in [4.78, 5) is 11.2. The first-order chi connectivity index (χ1) is 8.18. The maximum atomic E-state index is 12.0. The number of carbonyl (C=O) groups excluding carboxylic acids is 1. The zero-order valence-electron chi connectivity index (χ0n) is 10.4. The van der Waals surface area contributed by atoms with E-state index >= 15 is 0 Å². The predicted octanol–water partition coefficient (Wildman–Crippen LogP) is 1.47. The van der Waals surface area contributed by atoms with E-state index in [4.69, 9.17) is 5.26 Å². The van der Waals surface area contributed by atoms with Gasteiger partial charge in [-0.15, -0.1) is 0 Å². The van der Waals surface area contributed by atoms with Crippen LogP contribution in [-0.4, -0.2) is 19.7 Å². The molecule has 1 aromatic rings. The van der Waals surface area contributed by atoms with Crippen LogP contribution in [0.5, 0.6) is 0 Å². The van der Waals surface area contributed by atoms with Crippen molar-refractivity contribution < 1.29 is 13.2 Å². The third kappa shape index (κ3) is 3.39. The van der Waals surface area contributed by atoms with Crippen molar-refractivity contribution >= 4 is 15.8 Å². The monoisotopic (exact) mass is 266 g/mol. The molecule has 0 atom stereocenters. The maximum Gasteiger partial charge on any atom is 0.241 e. The van der Waals surface area contributed by atoms with Gasteiger partial charge < -0.3 is 0 Å². The van der Waals surface area contributed by atoms with Crippen LogP contribution >= 0.6 is 0 Å². The van der Waals surface area contributed by atoms with Crippen LogP contribution in [0, 0.1) is 11.3 Å². The molecule has 0 aliphatic carbocycles. The first-order valence-electron chi connectivity index (χ1n) is 5.24. The van der Waals surface area contributed by atoms with Crippen molar-refractivity contribution in [3.63, 3.8) is 0 Å². The van der Waals surface area contributed by atoms with E-state index in [1.165, 1.54) is 45.0 Å². The fraction of sp³-hybridized carbons (Fsp3) is 0.333. The van der Waals surface area contributed by atoms with Crippen molar-refractivity contribution in [3.05, 3.63) is 29.8 Å². The molecule has 0 amide bonds. The highest BCUT2D eigenvalue weighted by molar-refractivity contribution is 7.89. The molecule has 1 N–H and O–H groups in total. The molecule has 1 rings (SSSR count).